The molecule has 2 aromatic rings. The van der Waals surface area contributed by atoms with Crippen LogP contribution in [0.15, 0.2) is 36.4 Å². The molecule has 3 nitrogen and oxygen atoms in total. The van der Waals surface area contributed by atoms with Crippen molar-refractivity contribution < 1.29 is 23.1 Å². The number of carbonyl (C=O) groups excluding carboxylic acids is 2. The number of hydrogen-bond acceptors (Lipinski definition) is 3. The standard InChI is InChI=1S/C20H16F2O3/c1-25-18(23)8-13-10-20(21,22)19(24)17-7-12-6-11-4-2-3-5-14(11)15(12)9-16(13)17/h2-5,7,9,13H,6,8,10H2,1H3. The van der Waals surface area contributed by atoms with Crippen molar-refractivity contribution in [3.05, 3.63) is 58.7 Å². The first kappa shape index (κ1) is 15.9. The lowest BCUT2D eigenvalue weighted by molar-refractivity contribution is -0.141. The highest BCUT2D eigenvalue weighted by Gasteiger charge is 2.48. The van der Waals surface area contributed by atoms with Gasteiger partial charge in [0.15, 0.2) is 0 Å². The number of rotatable bonds is 2. The number of alkyl halides is 2. The number of Topliss-reactive ketones (excluding diaryl/α,β-unsaturated/α-hetero) is 1. The van der Waals surface area contributed by atoms with E-state index in [9.17, 15) is 18.4 Å². The van der Waals surface area contributed by atoms with Gasteiger partial charge in [0.1, 0.15) is 0 Å². The van der Waals surface area contributed by atoms with Crippen molar-refractivity contribution in [2.45, 2.75) is 31.1 Å². The highest BCUT2D eigenvalue weighted by atomic mass is 19.3. The predicted octanol–water partition coefficient (Wildman–Crippen LogP) is 4.13. The zero-order chi connectivity index (χ0) is 17.8. The van der Waals surface area contributed by atoms with E-state index in [1.54, 1.807) is 6.07 Å². The third-order valence-corrected chi connectivity index (χ3v) is 5.12. The lowest BCUT2D eigenvalue weighted by Crippen LogP contribution is -2.37. The van der Waals surface area contributed by atoms with Crippen molar-refractivity contribution in [2.75, 3.05) is 7.11 Å². The molecule has 0 radical (unpaired) electrons. The zero-order valence-electron chi connectivity index (χ0n) is 13.6. The molecule has 2 aliphatic rings. The average molecular weight is 342 g/mol. The molecular weight excluding hydrogens is 326 g/mol. The average Bonchev–Trinajstić information content (AvgIpc) is 2.95. The van der Waals surface area contributed by atoms with Gasteiger partial charge in [-0.05, 0) is 46.4 Å². The molecule has 0 aromatic heterocycles. The fourth-order valence-electron chi connectivity index (χ4n) is 3.91. The van der Waals surface area contributed by atoms with Crippen LogP contribution in [0.25, 0.3) is 11.1 Å². The highest BCUT2D eigenvalue weighted by molar-refractivity contribution is 6.05. The Balaban J connectivity index is 1.87. The second kappa shape index (κ2) is 5.48. The molecule has 5 heteroatoms. The summed E-state index contributed by atoms with van der Waals surface area (Å²) in [7, 11) is 1.23. The third-order valence-electron chi connectivity index (χ3n) is 5.12. The molecule has 0 bridgehead atoms. The Kier molecular flexibility index (Phi) is 3.49. The van der Waals surface area contributed by atoms with Crippen LogP contribution in [0.1, 0.15) is 45.8 Å². The number of halogens is 2. The van der Waals surface area contributed by atoms with Gasteiger partial charge in [-0.3, -0.25) is 9.59 Å². The topological polar surface area (TPSA) is 43.4 Å². The van der Waals surface area contributed by atoms with E-state index in [4.69, 9.17) is 0 Å². The summed E-state index contributed by atoms with van der Waals surface area (Å²) < 4.78 is 33.0. The number of carbonyl (C=O) groups is 2. The molecule has 0 spiro atoms. The number of esters is 1. The quantitative estimate of drug-likeness (QED) is 0.658. The lowest BCUT2D eigenvalue weighted by Gasteiger charge is -2.30. The van der Waals surface area contributed by atoms with Crippen LogP contribution >= 0.6 is 0 Å². The monoisotopic (exact) mass is 342 g/mol. The van der Waals surface area contributed by atoms with Crippen molar-refractivity contribution >= 4 is 11.8 Å². The minimum absolute atomic E-state index is 0.0386. The maximum Gasteiger partial charge on any atom is 0.310 e. The van der Waals surface area contributed by atoms with Gasteiger partial charge in [-0.2, -0.15) is 8.78 Å². The third kappa shape index (κ3) is 2.46. The van der Waals surface area contributed by atoms with Gasteiger partial charge in [0.05, 0.1) is 13.5 Å². The van der Waals surface area contributed by atoms with Gasteiger partial charge < -0.3 is 4.74 Å². The zero-order valence-corrected chi connectivity index (χ0v) is 13.6. The van der Waals surface area contributed by atoms with E-state index < -0.39 is 30.0 Å². The fraction of sp³-hybridized carbons (Fsp3) is 0.300. The summed E-state index contributed by atoms with van der Waals surface area (Å²) in [5.41, 5.74) is 4.57. The maximum atomic E-state index is 14.2. The van der Waals surface area contributed by atoms with Crippen molar-refractivity contribution in [2.24, 2.45) is 0 Å². The lowest BCUT2D eigenvalue weighted by atomic mass is 9.77. The van der Waals surface area contributed by atoms with E-state index >= 15 is 0 Å². The van der Waals surface area contributed by atoms with Crippen LogP contribution in [0.5, 0.6) is 0 Å². The highest BCUT2D eigenvalue weighted by Crippen LogP contribution is 2.46. The smallest absolute Gasteiger partial charge is 0.310 e. The molecular formula is C20H16F2O3. The number of ether oxygens (including phenoxy) is 1. The van der Waals surface area contributed by atoms with Gasteiger partial charge >= 0.3 is 11.9 Å². The number of methoxy groups -OCH3 is 1. The van der Waals surface area contributed by atoms with Crippen molar-refractivity contribution in [1.29, 1.82) is 0 Å². The van der Waals surface area contributed by atoms with Crippen LogP contribution in [-0.4, -0.2) is 24.8 Å². The van der Waals surface area contributed by atoms with E-state index in [0.29, 0.717) is 12.0 Å². The van der Waals surface area contributed by atoms with Crippen LogP contribution in [0, 0.1) is 0 Å². The van der Waals surface area contributed by atoms with E-state index in [-0.39, 0.29) is 12.0 Å². The predicted molar refractivity (Wildman–Crippen MR) is 88.0 cm³/mol. The van der Waals surface area contributed by atoms with Gasteiger partial charge in [-0.25, -0.2) is 0 Å². The Hall–Kier alpha value is -2.56. The fourth-order valence-corrected chi connectivity index (χ4v) is 3.91. The Bertz CT molecular complexity index is 902. The second-order valence-electron chi connectivity index (χ2n) is 6.65. The molecule has 0 aliphatic heterocycles. The Morgan fingerprint density at radius 1 is 1.16 bits per heavy atom. The first-order valence-corrected chi connectivity index (χ1v) is 8.15. The Morgan fingerprint density at radius 2 is 1.92 bits per heavy atom. The number of benzene rings is 2. The second-order valence-corrected chi connectivity index (χ2v) is 6.65. The number of hydrogen-bond donors (Lipinski definition) is 0. The maximum absolute atomic E-state index is 14.2. The van der Waals surface area contributed by atoms with Gasteiger partial charge in [-0.15, -0.1) is 0 Å². The van der Waals surface area contributed by atoms with Crippen LogP contribution in [0.3, 0.4) is 0 Å². The Labute approximate surface area is 143 Å². The minimum Gasteiger partial charge on any atom is -0.469 e. The summed E-state index contributed by atoms with van der Waals surface area (Å²) >= 11 is 0. The summed E-state index contributed by atoms with van der Waals surface area (Å²) in [6.45, 7) is 0. The van der Waals surface area contributed by atoms with Crippen LogP contribution in [0.4, 0.5) is 8.78 Å². The summed E-state index contributed by atoms with van der Waals surface area (Å²) in [5, 5.41) is 0. The SMILES string of the molecule is COC(=O)CC1CC(F)(F)C(=O)c2cc3c(cc21)-c1ccccc1C3. The largest absolute Gasteiger partial charge is 0.469 e. The minimum atomic E-state index is -3.45. The summed E-state index contributed by atoms with van der Waals surface area (Å²) in [6.07, 6.45) is -0.194. The molecule has 0 amide bonds. The molecule has 0 saturated carbocycles. The molecule has 1 atom stereocenters. The molecule has 0 N–H and O–H groups in total. The Morgan fingerprint density at radius 3 is 2.68 bits per heavy atom. The van der Waals surface area contributed by atoms with E-state index in [1.807, 2.05) is 30.3 Å². The molecule has 0 saturated heterocycles. The molecule has 2 aromatic carbocycles. The molecule has 4 rings (SSSR count). The summed E-state index contributed by atoms with van der Waals surface area (Å²) in [4.78, 5) is 23.9. The van der Waals surface area contributed by atoms with Crippen LogP contribution in [-0.2, 0) is 16.0 Å². The normalized spacial score (nSPS) is 19.8. The molecule has 0 fully saturated rings. The molecule has 1 unspecified atom stereocenters. The summed E-state index contributed by atoms with van der Waals surface area (Å²) in [5.74, 6) is -5.89. The molecule has 0 heterocycles. The van der Waals surface area contributed by atoms with E-state index in [2.05, 4.69) is 4.74 Å². The summed E-state index contributed by atoms with van der Waals surface area (Å²) in [6, 6.07) is 11.3. The van der Waals surface area contributed by atoms with Crippen LogP contribution in [0.2, 0.25) is 0 Å². The first-order chi connectivity index (χ1) is 11.9. The number of fused-ring (bicyclic) bond motifs is 4. The first-order valence-electron chi connectivity index (χ1n) is 8.15. The van der Waals surface area contributed by atoms with E-state index in [1.165, 1.54) is 7.11 Å². The van der Waals surface area contributed by atoms with Crippen molar-refractivity contribution in [1.82, 2.24) is 0 Å². The number of ketones is 1. The van der Waals surface area contributed by atoms with Crippen molar-refractivity contribution in [3.63, 3.8) is 0 Å². The molecule has 25 heavy (non-hydrogen) atoms. The van der Waals surface area contributed by atoms with E-state index in [0.717, 1.165) is 22.3 Å². The van der Waals surface area contributed by atoms with Gasteiger partial charge in [0.2, 0.25) is 5.78 Å². The molecule has 2 aliphatic carbocycles. The van der Waals surface area contributed by atoms with Gasteiger partial charge in [0, 0.05) is 17.9 Å². The van der Waals surface area contributed by atoms with Gasteiger partial charge in [-0.1, -0.05) is 24.3 Å². The van der Waals surface area contributed by atoms with Crippen molar-refractivity contribution in [3.8, 4) is 11.1 Å². The van der Waals surface area contributed by atoms with Gasteiger partial charge in [0.25, 0.3) is 0 Å². The molecule has 128 valence electrons. The van der Waals surface area contributed by atoms with Crippen LogP contribution < -0.4 is 0 Å².